The summed E-state index contributed by atoms with van der Waals surface area (Å²) in [7, 11) is -1.49. The molecule has 0 aliphatic carbocycles. The lowest BCUT2D eigenvalue weighted by Crippen LogP contribution is -2.43. The van der Waals surface area contributed by atoms with Crippen LogP contribution in [0.5, 0.6) is 0 Å². The van der Waals surface area contributed by atoms with E-state index >= 15 is 0 Å². The van der Waals surface area contributed by atoms with Gasteiger partial charge in [0, 0.05) is 6.42 Å². The Morgan fingerprint density at radius 3 is 1.41 bits per heavy atom. The quantitative estimate of drug-likeness (QED) is 0.450. The molecular weight excluding hydrogens is 220 g/mol. The summed E-state index contributed by atoms with van der Waals surface area (Å²) in [6.07, 6.45) is 1.02. The van der Waals surface area contributed by atoms with E-state index in [4.69, 9.17) is 0 Å². The molecule has 0 atom stereocenters. The van der Waals surface area contributed by atoms with Gasteiger partial charge < -0.3 is 0 Å². The van der Waals surface area contributed by atoms with E-state index in [1.807, 2.05) is 0 Å². The summed E-state index contributed by atoms with van der Waals surface area (Å²) < 4.78 is 0. The standard InChI is InChI=1S/C16H32Si/c1-13(2)17(14(3)4,15(5)6)12-10-11-16(7,8)9/h13-15H,11H2,1-9H3. The highest BCUT2D eigenvalue weighted by Gasteiger charge is 2.41. The normalized spacial score (nSPS) is 13.2. The van der Waals surface area contributed by atoms with Gasteiger partial charge in [0.25, 0.3) is 0 Å². The van der Waals surface area contributed by atoms with Gasteiger partial charge in [-0.15, -0.1) is 11.5 Å². The van der Waals surface area contributed by atoms with Gasteiger partial charge in [0.05, 0.1) is 0 Å². The molecule has 0 aromatic carbocycles. The van der Waals surface area contributed by atoms with E-state index in [1.165, 1.54) is 0 Å². The molecule has 0 rings (SSSR count). The first-order valence-electron chi connectivity index (χ1n) is 7.04. The monoisotopic (exact) mass is 252 g/mol. The van der Waals surface area contributed by atoms with Crippen molar-refractivity contribution in [1.29, 1.82) is 0 Å². The third-order valence-electron chi connectivity index (χ3n) is 3.79. The summed E-state index contributed by atoms with van der Waals surface area (Å²) in [6, 6.07) is 0. The highest BCUT2D eigenvalue weighted by Crippen LogP contribution is 2.40. The van der Waals surface area contributed by atoms with Crippen molar-refractivity contribution in [3.05, 3.63) is 0 Å². The van der Waals surface area contributed by atoms with Gasteiger partial charge in [0.1, 0.15) is 8.07 Å². The van der Waals surface area contributed by atoms with Crippen molar-refractivity contribution in [1.82, 2.24) is 0 Å². The lowest BCUT2D eigenvalue weighted by Gasteiger charge is -2.38. The zero-order chi connectivity index (χ0) is 13.9. The fourth-order valence-corrected chi connectivity index (χ4v) is 8.16. The van der Waals surface area contributed by atoms with Crippen molar-refractivity contribution >= 4 is 8.07 Å². The fourth-order valence-electron chi connectivity index (χ4n) is 2.90. The van der Waals surface area contributed by atoms with E-state index in [9.17, 15) is 0 Å². The summed E-state index contributed by atoms with van der Waals surface area (Å²) in [5.74, 6) is 3.52. The first-order chi connectivity index (χ1) is 7.54. The lowest BCUT2D eigenvalue weighted by molar-refractivity contribution is 0.428. The molecule has 0 bridgehead atoms. The lowest BCUT2D eigenvalue weighted by atomic mass is 9.93. The minimum absolute atomic E-state index is 0.331. The van der Waals surface area contributed by atoms with Crippen molar-refractivity contribution in [3.8, 4) is 11.5 Å². The summed E-state index contributed by atoms with van der Waals surface area (Å²) >= 11 is 0. The van der Waals surface area contributed by atoms with Gasteiger partial charge in [0.15, 0.2) is 0 Å². The van der Waals surface area contributed by atoms with Crippen LogP contribution in [0.1, 0.15) is 68.7 Å². The maximum atomic E-state index is 3.78. The third-order valence-corrected chi connectivity index (χ3v) is 10.1. The largest absolute Gasteiger partial charge is 0.145 e. The zero-order valence-electron chi connectivity index (χ0n) is 13.4. The SMILES string of the molecule is CC(C)[Si](C#CCC(C)(C)C)(C(C)C)C(C)C. The van der Waals surface area contributed by atoms with Crippen LogP contribution in [0.4, 0.5) is 0 Å². The molecule has 0 aliphatic rings. The average Bonchev–Trinajstić information content (AvgIpc) is 2.08. The molecule has 0 spiro atoms. The van der Waals surface area contributed by atoms with E-state index in [0.29, 0.717) is 5.41 Å². The average molecular weight is 253 g/mol. The summed E-state index contributed by atoms with van der Waals surface area (Å²) in [6.45, 7) is 21.0. The highest BCUT2D eigenvalue weighted by atomic mass is 28.3. The number of hydrogen-bond acceptors (Lipinski definition) is 0. The second kappa shape index (κ2) is 6.09. The Kier molecular flexibility index (Phi) is 6.01. The molecule has 17 heavy (non-hydrogen) atoms. The van der Waals surface area contributed by atoms with Crippen molar-refractivity contribution in [2.45, 2.75) is 85.4 Å². The van der Waals surface area contributed by atoms with Crippen LogP contribution in [-0.4, -0.2) is 8.07 Å². The van der Waals surface area contributed by atoms with E-state index in [2.05, 4.69) is 73.8 Å². The Morgan fingerprint density at radius 1 is 0.824 bits per heavy atom. The van der Waals surface area contributed by atoms with Crippen LogP contribution < -0.4 is 0 Å². The molecule has 0 aromatic rings. The smallest absolute Gasteiger partial charge is 0.130 e. The second-order valence-electron chi connectivity index (χ2n) is 7.44. The van der Waals surface area contributed by atoms with Crippen LogP contribution in [-0.2, 0) is 0 Å². The Labute approximate surface area is 111 Å². The van der Waals surface area contributed by atoms with Crippen molar-refractivity contribution in [2.75, 3.05) is 0 Å². The molecule has 1 heteroatoms. The van der Waals surface area contributed by atoms with Gasteiger partial charge in [-0.3, -0.25) is 0 Å². The van der Waals surface area contributed by atoms with Crippen LogP contribution in [0.2, 0.25) is 16.6 Å². The van der Waals surface area contributed by atoms with Crippen molar-refractivity contribution < 1.29 is 0 Å². The Hall–Kier alpha value is -0.223. The summed E-state index contributed by atoms with van der Waals surface area (Å²) in [5.41, 5.74) is 6.34. The maximum absolute atomic E-state index is 3.78. The van der Waals surface area contributed by atoms with Crippen LogP contribution in [0.3, 0.4) is 0 Å². The molecule has 0 saturated carbocycles. The molecule has 0 aliphatic heterocycles. The zero-order valence-corrected chi connectivity index (χ0v) is 14.4. The first kappa shape index (κ1) is 16.8. The minimum Gasteiger partial charge on any atom is -0.130 e. The topological polar surface area (TPSA) is 0 Å². The van der Waals surface area contributed by atoms with Crippen molar-refractivity contribution in [3.63, 3.8) is 0 Å². The molecule has 0 fully saturated rings. The predicted octanol–water partition coefficient (Wildman–Crippen LogP) is 5.64. The minimum atomic E-state index is -1.49. The molecule has 0 nitrogen and oxygen atoms in total. The van der Waals surface area contributed by atoms with Crippen LogP contribution in [0.25, 0.3) is 0 Å². The molecule has 0 amide bonds. The van der Waals surface area contributed by atoms with Crippen LogP contribution in [0.15, 0.2) is 0 Å². The van der Waals surface area contributed by atoms with Gasteiger partial charge >= 0.3 is 0 Å². The van der Waals surface area contributed by atoms with Crippen LogP contribution >= 0.6 is 0 Å². The second-order valence-corrected chi connectivity index (χ2v) is 13.0. The number of hydrogen-bond donors (Lipinski definition) is 0. The van der Waals surface area contributed by atoms with E-state index in [1.54, 1.807) is 0 Å². The fraction of sp³-hybridized carbons (Fsp3) is 0.875. The van der Waals surface area contributed by atoms with Crippen LogP contribution in [0, 0.1) is 16.9 Å². The molecule has 0 aromatic heterocycles. The predicted molar refractivity (Wildman–Crippen MR) is 82.9 cm³/mol. The molecular formula is C16H32Si. The first-order valence-corrected chi connectivity index (χ1v) is 9.27. The molecule has 0 N–H and O–H groups in total. The molecule has 0 saturated heterocycles. The highest BCUT2D eigenvalue weighted by molar-refractivity contribution is 6.90. The van der Waals surface area contributed by atoms with Gasteiger partial charge in [-0.05, 0) is 22.0 Å². The Balaban J connectivity index is 5.20. The van der Waals surface area contributed by atoms with Gasteiger partial charge in [-0.25, -0.2) is 0 Å². The molecule has 100 valence electrons. The van der Waals surface area contributed by atoms with Crippen molar-refractivity contribution in [2.24, 2.45) is 5.41 Å². The molecule has 0 heterocycles. The third kappa shape index (κ3) is 4.51. The molecule has 0 unspecified atom stereocenters. The Bertz CT molecular complexity index is 259. The summed E-state index contributed by atoms with van der Waals surface area (Å²) in [4.78, 5) is 0. The maximum Gasteiger partial charge on any atom is 0.145 e. The van der Waals surface area contributed by atoms with E-state index in [0.717, 1.165) is 23.0 Å². The Morgan fingerprint density at radius 2 is 1.18 bits per heavy atom. The number of rotatable bonds is 3. The van der Waals surface area contributed by atoms with Gasteiger partial charge in [-0.1, -0.05) is 62.3 Å². The van der Waals surface area contributed by atoms with Gasteiger partial charge in [-0.2, -0.15) is 0 Å². The van der Waals surface area contributed by atoms with E-state index < -0.39 is 8.07 Å². The molecule has 0 radical (unpaired) electrons. The van der Waals surface area contributed by atoms with Gasteiger partial charge in [0.2, 0.25) is 0 Å². The summed E-state index contributed by atoms with van der Waals surface area (Å²) in [5, 5.41) is 0. The van der Waals surface area contributed by atoms with E-state index in [-0.39, 0.29) is 0 Å².